The van der Waals surface area contributed by atoms with Gasteiger partial charge in [0.25, 0.3) is 5.56 Å². The van der Waals surface area contributed by atoms with Gasteiger partial charge < -0.3 is 10.1 Å². The van der Waals surface area contributed by atoms with Gasteiger partial charge in [-0.1, -0.05) is 18.2 Å². The quantitative estimate of drug-likeness (QED) is 0.525. The Kier molecular flexibility index (Phi) is 2.43. The van der Waals surface area contributed by atoms with Crippen molar-refractivity contribution < 1.29 is 9.90 Å². The Balaban J connectivity index is 2.08. The maximum atomic E-state index is 12.5. The Morgan fingerprint density at radius 1 is 1.18 bits per heavy atom. The SMILES string of the molecule is O=C(O)c1[nH]cc2c1ncc1c(=O)n(-c3ccccc3)[nH]c12. The topological polar surface area (TPSA) is 104 Å². The van der Waals surface area contributed by atoms with E-state index in [2.05, 4.69) is 15.1 Å². The zero-order chi connectivity index (χ0) is 15.3. The van der Waals surface area contributed by atoms with Crippen molar-refractivity contribution >= 4 is 27.8 Å². The van der Waals surface area contributed by atoms with E-state index < -0.39 is 5.97 Å². The van der Waals surface area contributed by atoms with E-state index in [1.165, 1.54) is 10.9 Å². The fraction of sp³-hybridized carbons (Fsp3) is 0. The monoisotopic (exact) mass is 294 g/mol. The van der Waals surface area contributed by atoms with Crippen LogP contribution in [0.3, 0.4) is 0 Å². The van der Waals surface area contributed by atoms with Crippen molar-refractivity contribution in [1.29, 1.82) is 0 Å². The molecule has 7 heteroatoms. The molecule has 0 saturated heterocycles. The predicted octanol–water partition coefficient (Wildman–Crippen LogP) is 1.89. The smallest absolute Gasteiger partial charge is 0.354 e. The number of para-hydroxylation sites is 1. The van der Waals surface area contributed by atoms with Crippen molar-refractivity contribution in [2.24, 2.45) is 0 Å². The van der Waals surface area contributed by atoms with Crippen LogP contribution in [-0.2, 0) is 0 Å². The summed E-state index contributed by atoms with van der Waals surface area (Å²) >= 11 is 0. The zero-order valence-corrected chi connectivity index (χ0v) is 11.2. The molecule has 0 aliphatic rings. The van der Waals surface area contributed by atoms with Gasteiger partial charge in [-0.15, -0.1) is 0 Å². The molecule has 4 rings (SSSR count). The minimum atomic E-state index is -1.09. The number of rotatable bonds is 2. The van der Waals surface area contributed by atoms with Crippen LogP contribution >= 0.6 is 0 Å². The lowest BCUT2D eigenvalue weighted by Crippen LogP contribution is -2.13. The number of carboxylic acid groups (broad SMARTS) is 1. The Labute approximate surface area is 122 Å². The van der Waals surface area contributed by atoms with Gasteiger partial charge in [0.2, 0.25) is 0 Å². The molecule has 3 aromatic heterocycles. The van der Waals surface area contributed by atoms with Crippen molar-refractivity contribution in [3.05, 3.63) is 58.8 Å². The van der Waals surface area contributed by atoms with Crippen LogP contribution in [-0.4, -0.2) is 30.8 Å². The highest BCUT2D eigenvalue weighted by Gasteiger charge is 2.17. The van der Waals surface area contributed by atoms with E-state index in [-0.39, 0.29) is 11.3 Å². The van der Waals surface area contributed by atoms with E-state index in [9.17, 15) is 9.59 Å². The number of hydrogen-bond donors (Lipinski definition) is 3. The summed E-state index contributed by atoms with van der Waals surface area (Å²) in [5.74, 6) is -1.09. The van der Waals surface area contributed by atoms with Crippen LogP contribution in [0.25, 0.3) is 27.5 Å². The summed E-state index contributed by atoms with van der Waals surface area (Å²) in [5, 5.41) is 13.1. The number of nitrogens with zero attached hydrogens (tertiary/aromatic N) is 2. The third kappa shape index (κ3) is 1.59. The maximum absolute atomic E-state index is 12.5. The fourth-order valence-corrected chi connectivity index (χ4v) is 2.57. The normalized spacial score (nSPS) is 11.3. The molecular formula is C15H10N4O3. The molecule has 108 valence electrons. The highest BCUT2D eigenvalue weighted by Crippen LogP contribution is 2.23. The van der Waals surface area contributed by atoms with Gasteiger partial charge >= 0.3 is 5.97 Å². The Morgan fingerprint density at radius 2 is 1.95 bits per heavy atom. The first-order valence-electron chi connectivity index (χ1n) is 6.56. The molecule has 0 aliphatic carbocycles. The summed E-state index contributed by atoms with van der Waals surface area (Å²) in [5.41, 5.74) is 1.36. The summed E-state index contributed by atoms with van der Waals surface area (Å²) in [6.45, 7) is 0. The highest BCUT2D eigenvalue weighted by atomic mass is 16.4. The lowest BCUT2D eigenvalue weighted by Gasteiger charge is -1.99. The van der Waals surface area contributed by atoms with Gasteiger partial charge in [-0.05, 0) is 12.1 Å². The maximum Gasteiger partial charge on any atom is 0.354 e. The largest absolute Gasteiger partial charge is 0.477 e. The molecule has 4 aromatic rings. The van der Waals surface area contributed by atoms with Gasteiger partial charge in [0, 0.05) is 17.8 Å². The number of nitrogens with one attached hydrogen (secondary N) is 2. The third-order valence-electron chi connectivity index (χ3n) is 3.60. The Morgan fingerprint density at radius 3 is 2.68 bits per heavy atom. The van der Waals surface area contributed by atoms with Crippen molar-refractivity contribution in [3.8, 4) is 5.69 Å². The number of aromatic nitrogens is 4. The van der Waals surface area contributed by atoms with Crippen LogP contribution in [0.2, 0.25) is 0 Å². The van der Waals surface area contributed by atoms with Crippen LogP contribution in [0.4, 0.5) is 0 Å². The van der Waals surface area contributed by atoms with E-state index >= 15 is 0 Å². The first-order valence-corrected chi connectivity index (χ1v) is 6.56. The van der Waals surface area contributed by atoms with E-state index in [0.29, 0.717) is 27.5 Å². The van der Waals surface area contributed by atoms with Crippen molar-refractivity contribution in [1.82, 2.24) is 19.7 Å². The minimum Gasteiger partial charge on any atom is -0.477 e. The molecule has 3 heterocycles. The summed E-state index contributed by atoms with van der Waals surface area (Å²) in [6, 6.07) is 9.14. The van der Waals surface area contributed by atoms with Crippen molar-refractivity contribution in [2.75, 3.05) is 0 Å². The molecule has 0 spiro atoms. The summed E-state index contributed by atoms with van der Waals surface area (Å²) < 4.78 is 1.42. The third-order valence-corrected chi connectivity index (χ3v) is 3.60. The average Bonchev–Trinajstić information content (AvgIpc) is 3.09. The van der Waals surface area contributed by atoms with Crippen LogP contribution in [0.5, 0.6) is 0 Å². The second-order valence-electron chi connectivity index (χ2n) is 4.87. The first-order chi connectivity index (χ1) is 10.7. The van der Waals surface area contributed by atoms with Crippen LogP contribution in [0.1, 0.15) is 10.5 Å². The number of fused-ring (bicyclic) bond motifs is 3. The second kappa shape index (κ2) is 4.32. The molecule has 1 aromatic carbocycles. The first kappa shape index (κ1) is 12.4. The Hall–Kier alpha value is -3.35. The number of carbonyl (C=O) groups is 1. The lowest BCUT2D eigenvalue weighted by atomic mass is 10.2. The van der Waals surface area contributed by atoms with Gasteiger partial charge in [0.05, 0.1) is 16.6 Å². The molecule has 3 N–H and O–H groups in total. The summed E-state index contributed by atoms with van der Waals surface area (Å²) in [7, 11) is 0. The van der Waals surface area contributed by atoms with Gasteiger partial charge in [-0.25, -0.2) is 9.48 Å². The molecule has 0 aliphatic heterocycles. The highest BCUT2D eigenvalue weighted by molar-refractivity contribution is 6.09. The Bertz CT molecular complexity index is 1070. The van der Waals surface area contributed by atoms with E-state index in [1.807, 2.05) is 18.2 Å². The number of H-pyrrole nitrogens is 2. The van der Waals surface area contributed by atoms with E-state index in [1.54, 1.807) is 18.3 Å². The second-order valence-corrected chi connectivity index (χ2v) is 4.87. The van der Waals surface area contributed by atoms with Crippen LogP contribution < -0.4 is 5.56 Å². The van der Waals surface area contributed by atoms with Crippen LogP contribution in [0, 0.1) is 0 Å². The molecule has 0 atom stereocenters. The van der Waals surface area contributed by atoms with Gasteiger partial charge in [0.15, 0.2) is 5.69 Å². The predicted molar refractivity (Wildman–Crippen MR) is 80.5 cm³/mol. The van der Waals surface area contributed by atoms with E-state index in [0.717, 1.165) is 0 Å². The molecular weight excluding hydrogens is 284 g/mol. The summed E-state index contributed by atoms with van der Waals surface area (Å²) in [4.78, 5) is 30.4. The number of aromatic amines is 2. The molecule has 0 unspecified atom stereocenters. The van der Waals surface area contributed by atoms with Gasteiger partial charge in [-0.2, -0.15) is 0 Å². The summed E-state index contributed by atoms with van der Waals surface area (Å²) in [6.07, 6.45) is 2.94. The zero-order valence-electron chi connectivity index (χ0n) is 11.2. The average molecular weight is 294 g/mol. The number of benzene rings is 1. The standard InChI is InChI=1S/C15H10N4O3/c20-14-10-7-16-12-9(6-17-13(12)15(21)22)11(10)18-19(14)8-4-2-1-3-5-8/h1-7,17-18H,(H,21,22). The van der Waals surface area contributed by atoms with Crippen molar-refractivity contribution in [3.63, 3.8) is 0 Å². The number of aromatic carboxylic acids is 1. The lowest BCUT2D eigenvalue weighted by molar-refractivity contribution is 0.0693. The number of hydrogen-bond acceptors (Lipinski definition) is 3. The number of carboxylic acids is 1. The number of pyridine rings is 1. The van der Waals surface area contributed by atoms with Gasteiger partial charge in [0.1, 0.15) is 5.52 Å². The van der Waals surface area contributed by atoms with Crippen LogP contribution in [0.15, 0.2) is 47.5 Å². The van der Waals surface area contributed by atoms with Crippen molar-refractivity contribution in [2.45, 2.75) is 0 Å². The van der Waals surface area contributed by atoms with E-state index in [4.69, 9.17) is 5.11 Å². The molecule has 0 amide bonds. The molecule has 0 radical (unpaired) electrons. The minimum absolute atomic E-state index is 0.00482. The van der Waals surface area contributed by atoms with Gasteiger partial charge in [-0.3, -0.25) is 14.9 Å². The fourth-order valence-electron chi connectivity index (χ4n) is 2.57. The molecule has 0 fully saturated rings. The molecule has 22 heavy (non-hydrogen) atoms. The molecule has 0 bridgehead atoms. The molecule has 0 saturated carbocycles. The molecule has 7 nitrogen and oxygen atoms in total.